The van der Waals surface area contributed by atoms with Gasteiger partial charge in [0.15, 0.2) is 0 Å². The highest BCUT2D eigenvalue weighted by molar-refractivity contribution is 5.85. The van der Waals surface area contributed by atoms with Gasteiger partial charge in [-0.1, -0.05) is 24.3 Å². The fraction of sp³-hybridized carbons (Fsp3) is 0.318. The number of para-hydroxylation sites is 1. The van der Waals surface area contributed by atoms with E-state index in [1.807, 2.05) is 44.1 Å². The number of hydrogen-bond acceptors (Lipinski definition) is 5. The van der Waals surface area contributed by atoms with Crippen LogP contribution in [0.2, 0.25) is 0 Å². The molecule has 1 aliphatic heterocycles. The molecule has 3 aromatic rings. The van der Waals surface area contributed by atoms with Crippen molar-refractivity contribution < 1.29 is 13.9 Å². The van der Waals surface area contributed by atoms with Gasteiger partial charge in [0.2, 0.25) is 6.29 Å². The minimum absolute atomic E-state index is 0.137. The Kier molecular flexibility index (Phi) is 4.62. The summed E-state index contributed by atoms with van der Waals surface area (Å²) in [4.78, 5) is 14.9. The van der Waals surface area contributed by atoms with Crippen LogP contribution in [-0.4, -0.2) is 27.0 Å². The van der Waals surface area contributed by atoms with Gasteiger partial charge in [0, 0.05) is 38.7 Å². The van der Waals surface area contributed by atoms with Crippen molar-refractivity contribution in [2.45, 2.75) is 25.6 Å². The van der Waals surface area contributed by atoms with Crippen LogP contribution in [0.5, 0.6) is 5.75 Å². The molecule has 2 aromatic carbocycles. The highest BCUT2D eigenvalue weighted by Crippen LogP contribution is 2.42. The van der Waals surface area contributed by atoms with Crippen LogP contribution in [0.3, 0.4) is 0 Å². The average molecular weight is 365 g/mol. The molecule has 1 aromatic heterocycles. The number of nitrogens with zero attached hydrogens (tertiary/aromatic N) is 1. The summed E-state index contributed by atoms with van der Waals surface area (Å²) in [6, 6.07) is 15.7. The predicted molar refractivity (Wildman–Crippen MR) is 106 cm³/mol. The van der Waals surface area contributed by atoms with Crippen LogP contribution in [0.25, 0.3) is 11.0 Å². The first-order valence-corrected chi connectivity index (χ1v) is 9.19. The number of anilines is 1. The second-order valence-electron chi connectivity index (χ2n) is 6.91. The van der Waals surface area contributed by atoms with Crippen LogP contribution in [0, 0.1) is 0 Å². The quantitative estimate of drug-likeness (QED) is 0.651. The van der Waals surface area contributed by atoms with Gasteiger partial charge >= 0.3 is 5.63 Å². The molecule has 5 nitrogen and oxygen atoms in total. The third-order valence-electron chi connectivity index (χ3n) is 4.99. The second-order valence-corrected chi connectivity index (χ2v) is 6.91. The van der Waals surface area contributed by atoms with E-state index in [0.717, 1.165) is 16.6 Å². The van der Waals surface area contributed by atoms with E-state index in [1.165, 1.54) is 0 Å². The zero-order valence-electron chi connectivity index (χ0n) is 15.8. The van der Waals surface area contributed by atoms with Gasteiger partial charge in [-0.15, -0.1) is 0 Å². The fourth-order valence-electron chi connectivity index (χ4n) is 3.65. The van der Waals surface area contributed by atoms with Gasteiger partial charge in [-0.2, -0.15) is 0 Å². The third kappa shape index (κ3) is 3.19. The highest BCUT2D eigenvalue weighted by Gasteiger charge is 2.34. The average Bonchev–Trinajstić information content (AvgIpc) is 2.68. The first-order valence-electron chi connectivity index (χ1n) is 9.19. The highest BCUT2D eigenvalue weighted by atomic mass is 16.7. The van der Waals surface area contributed by atoms with E-state index in [4.69, 9.17) is 13.9 Å². The largest absolute Gasteiger partial charge is 0.464 e. The van der Waals surface area contributed by atoms with Crippen molar-refractivity contribution in [2.24, 2.45) is 0 Å². The smallest absolute Gasteiger partial charge is 0.343 e. The molecule has 0 bridgehead atoms. The van der Waals surface area contributed by atoms with Gasteiger partial charge in [-0.3, -0.25) is 0 Å². The molecular formula is C22H23NO4. The molecule has 0 spiro atoms. The van der Waals surface area contributed by atoms with Crippen molar-refractivity contribution in [3.63, 3.8) is 0 Å². The van der Waals surface area contributed by atoms with Gasteiger partial charge < -0.3 is 18.8 Å². The molecule has 0 amide bonds. The van der Waals surface area contributed by atoms with Gasteiger partial charge in [-0.05, 0) is 36.8 Å². The molecule has 4 rings (SSSR count). The molecule has 0 N–H and O–H groups in total. The van der Waals surface area contributed by atoms with E-state index in [-0.39, 0.29) is 11.5 Å². The molecule has 2 atom stereocenters. The van der Waals surface area contributed by atoms with Crippen molar-refractivity contribution in [1.82, 2.24) is 0 Å². The summed E-state index contributed by atoms with van der Waals surface area (Å²) in [7, 11) is 4.01. The Bertz CT molecular complexity index is 1010. The lowest BCUT2D eigenvalue weighted by Gasteiger charge is -2.32. The van der Waals surface area contributed by atoms with Crippen molar-refractivity contribution in [3.05, 3.63) is 70.1 Å². The molecule has 0 unspecified atom stereocenters. The first kappa shape index (κ1) is 17.6. The Labute approximate surface area is 158 Å². The summed E-state index contributed by atoms with van der Waals surface area (Å²) in [5.41, 5.74) is 2.91. The Morgan fingerprint density at radius 1 is 1.11 bits per heavy atom. The van der Waals surface area contributed by atoms with Crippen LogP contribution in [-0.2, 0) is 4.74 Å². The first-order chi connectivity index (χ1) is 13.1. The maximum Gasteiger partial charge on any atom is 0.343 e. The summed E-state index contributed by atoms with van der Waals surface area (Å²) < 4.78 is 17.5. The topological polar surface area (TPSA) is 51.9 Å². The van der Waals surface area contributed by atoms with E-state index in [0.29, 0.717) is 29.9 Å². The summed E-state index contributed by atoms with van der Waals surface area (Å²) in [5, 5.41) is 0.798. The Balaban J connectivity index is 1.88. The number of rotatable bonds is 4. The molecule has 27 heavy (non-hydrogen) atoms. The van der Waals surface area contributed by atoms with E-state index >= 15 is 0 Å². The lowest BCUT2D eigenvalue weighted by molar-refractivity contribution is -0.0889. The number of hydrogen-bond donors (Lipinski definition) is 0. The lowest BCUT2D eigenvalue weighted by atomic mass is 9.86. The molecule has 5 heteroatoms. The van der Waals surface area contributed by atoms with Gasteiger partial charge in [0.1, 0.15) is 11.3 Å². The molecule has 2 heterocycles. The fourth-order valence-corrected chi connectivity index (χ4v) is 3.65. The molecule has 0 fully saturated rings. The van der Waals surface area contributed by atoms with E-state index in [1.54, 1.807) is 6.07 Å². The van der Waals surface area contributed by atoms with Crippen LogP contribution in [0.15, 0.2) is 57.7 Å². The summed E-state index contributed by atoms with van der Waals surface area (Å²) in [5.74, 6) is 0.440. The molecule has 0 aliphatic carbocycles. The Morgan fingerprint density at radius 2 is 1.85 bits per heavy atom. The number of fused-ring (bicyclic) bond motifs is 3. The van der Waals surface area contributed by atoms with Crippen molar-refractivity contribution in [1.29, 1.82) is 0 Å². The summed E-state index contributed by atoms with van der Waals surface area (Å²) >= 11 is 0. The molecule has 0 saturated carbocycles. The molecule has 0 radical (unpaired) electrons. The van der Waals surface area contributed by atoms with Crippen molar-refractivity contribution >= 4 is 16.7 Å². The Hall–Kier alpha value is -2.79. The van der Waals surface area contributed by atoms with Crippen LogP contribution < -0.4 is 15.3 Å². The standard InChI is InChI=1S/C22H23NO4/c1-4-25-19-13-17(14-9-11-15(12-10-14)23(2)3)20-21(27-19)16-7-5-6-8-18(16)26-22(20)24/h5-12,17,19H,4,13H2,1-3H3/t17-,19+/m1/s1. The van der Waals surface area contributed by atoms with E-state index in [9.17, 15) is 4.79 Å². The molecule has 1 aliphatic rings. The second kappa shape index (κ2) is 7.08. The molecule has 140 valence electrons. The monoisotopic (exact) mass is 365 g/mol. The van der Waals surface area contributed by atoms with Gasteiger partial charge in [0.05, 0.1) is 10.9 Å². The van der Waals surface area contributed by atoms with Crippen molar-refractivity contribution in [2.75, 3.05) is 25.6 Å². The minimum atomic E-state index is -0.397. The summed E-state index contributed by atoms with van der Waals surface area (Å²) in [6.45, 7) is 2.49. The molecular weight excluding hydrogens is 342 g/mol. The molecule has 0 saturated heterocycles. The SMILES string of the molecule is CCO[C@@H]1C[C@H](c2ccc(N(C)C)cc2)c2c(c3ccccc3oc2=O)O1. The maximum atomic E-state index is 12.8. The maximum absolute atomic E-state index is 12.8. The number of benzene rings is 2. The zero-order chi connectivity index (χ0) is 19.0. The zero-order valence-corrected chi connectivity index (χ0v) is 15.8. The Morgan fingerprint density at radius 3 is 2.56 bits per heavy atom. The van der Waals surface area contributed by atoms with Crippen LogP contribution in [0.1, 0.15) is 30.4 Å². The normalized spacial score (nSPS) is 18.8. The lowest BCUT2D eigenvalue weighted by Crippen LogP contribution is -2.32. The number of ether oxygens (including phenoxy) is 2. The summed E-state index contributed by atoms with van der Waals surface area (Å²) in [6.07, 6.45) is 0.178. The van der Waals surface area contributed by atoms with Crippen LogP contribution >= 0.6 is 0 Å². The van der Waals surface area contributed by atoms with Crippen molar-refractivity contribution in [3.8, 4) is 5.75 Å². The minimum Gasteiger partial charge on any atom is -0.464 e. The van der Waals surface area contributed by atoms with Gasteiger partial charge in [-0.25, -0.2) is 4.79 Å². The van der Waals surface area contributed by atoms with Gasteiger partial charge in [0.25, 0.3) is 0 Å². The predicted octanol–water partition coefficient (Wildman–Crippen LogP) is 4.14. The van der Waals surface area contributed by atoms with E-state index < -0.39 is 6.29 Å². The van der Waals surface area contributed by atoms with E-state index in [2.05, 4.69) is 24.3 Å². The van der Waals surface area contributed by atoms with Crippen LogP contribution in [0.4, 0.5) is 5.69 Å². The third-order valence-corrected chi connectivity index (χ3v) is 4.99.